The van der Waals surface area contributed by atoms with Crippen LogP contribution in [0.3, 0.4) is 0 Å². The average molecular weight is 804 g/mol. The van der Waals surface area contributed by atoms with Crippen LogP contribution in [0.15, 0.2) is 36.5 Å². The van der Waals surface area contributed by atoms with E-state index in [0.717, 1.165) is 51.4 Å². The highest BCUT2D eigenvalue weighted by atomic mass is 16.6. The van der Waals surface area contributed by atoms with Crippen LogP contribution in [0.1, 0.15) is 206 Å². The summed E-state index contributed by atoms with van der Waals surface area (Å²) in [5, 5.41) is 11.6. The Morgan fingerprint density at radius 2 is 0.930 bits per heavy atom. The summed E-state index contributed by atoms with van der Waals surface area (Å²) in [4.78, 5) is 36.9. The molecule has 0 aromatic rings. The maximum atomic E-state index is 12.7. The van der Waals surface area contributed by atoms with Gasteiger partial charge in [-0.25, -0.2) is 0 Å². The topological polar surface area (TPSA) is 102 Å². The van der Waals surface area contributed by atoms with E-state index in [-0.39, 0.29) is 42.7 Å². The molecule has 0 spiro atoms. The van der Waals surface area contributed by atoms with Crippen LogP contribution in [0.2, 0.25) is 0 Å². The Labute approximate surface area is 351 Å². The second-order valence-corrected chi connectivity index (χ2v) is 17.0. The standard InChI is InChI=1S/C49H89NO7/c1-6-8-10-12-14-16-18-20-22-23-24-25-26-28-30-32-34-36-38-40-48(52)57-45(43-55-42-41-46(49(53)54)50(3,4)5)44-56-47(51)39-37-35-33-31-29-27-21-19-17-15-13-11-9-7-2/h14,16,18,20,27,29,45-46H,6-13,15,17,19,21-26,28,30-44H2,1-5H3/b16-14+,20-18+,29-27+. The summed E-state index contributed by atoms with van der Waals surface area (Å²) >= 11 is 0. The van der Waals surface area contributed by atoms with E-state index in [4.69, 9.17) is 14.2 Å². The Morgan fingerprint density at radius 3 is 1.42 bits per heavy atom. The van der Waals surface area contributed by atoms with Crippen LogP contribution in [0.25, 0.3) is 0 Å². The second-order valence-electron chi connectivity index (χ2n) is 17.0. The number of hydrogen-bond acceptors (Lipinski definition) is 7. The van der Waals surface area contributed by atoms with E-state index in [1.165, 1.54) is 122 Å². The van der Waals surface area contributed by atoms with E-state index in [1.54, 1.807) is 21.1 Å². The lowest BCUT2D eigenvalue weighted by molar-refractivity contribution is -0.889. The molecule has 0 aromatic heterocycles. The normalized spacial score (nSPS) is 13.2. The predicted molar refractivity (Wildman–Crippen MR) is 236 cm³/mol. The molecule has 0 heterocycles. The fourth-order valence-corrected chi connectivity index (χ4v) is 6.82. The maximum absolute atomic E-state index is 12.7. The Kier molecular flexibility index (Phi) is 38.6. The molecule has 0 radical (unpaired) electrons. The molecule has 0 aliphatic heterocycles. The minimum absolute atomic E-state index is 0.0361. The van der Waals surface area contributed by atoms with Gasteiger partial charge in [-0.1, -0.05) is 159 Å². The van der Waals surface area contributed by atoms with Gasteiger partial charge in [0, 0.05) is 19.3 Å². The molecule has 0 rings (SSSR count). The Balaban J connectivity index is 4.31. The molecule has 2 atom stereocenters. The van der Waals surface area contributed by atoms with Crippen LogP contribution in [0, 0.1) is 0 Å². The number of quaternary nitrogens is 1. The Hall–Kier alpha value is -2.45. The number of carbonyl (C=O) groups excluding carboxylic acids is 3. The number of esters is 2. The average Bonchev–Trinajstić information content (AvgIpc) is 3.17. The first kappa shape index (κ1) is 54.6. The smallest absolute Gasteiger partial charge is 0.306 e. The van der Waals surface area contributed by atoms with Gasteiger partial charge in [0.25, 0.3) is 0 Å². The molecule has 332 valence electrons. The summed E-state index contributed by atoms with van der Waals surface area (Å²) in [6, 6.07) is -0.727. The zero-order valence-corrected chi connectivity index (χ0v) is 37.8. The minimum atomic E-state index is -1.13. The molecule has 8 heteroatoms. The number of carbonyl (C=O) groups is 3. The zero-order valence-electron chi connectivity index (χ0n) is 37.8. The Morgan fingerprint density at radius 1 is 0.526 bits per heavy atom. The number of rotatable bonds is 42. The van der Waals surface area contributed by atoms with Crippen molar-refractivity contribution in [3.05, 3.63) is 36.5 Å². The SMILES string of the molecule is CCCCC/C=C/C=C/CCCCCCCCCCCCC(=O)OC(COCCC(C(=O)[O-])[N+](C)(C)C)COC(=O)CCCCC/C=C/CCCCCCCCC. The van der Waals surface area contributed by atoms with Crippen LogP contribution in [-0.4, -0.2) is 75.5 Å². The number of unbranched alkanes of at least 4 members (excludes halogenated alkanes) is 23. The van der Waals surface area contributed by atoms with Crippen molar-refractivity contribution in [3.8, 4) is 0 Å². The van der Waals surface area contributed by atoms with Gasteiger partial charge in [0.1, 0.15) is 12.6 Å². The maximum Gasteiger partial charge on any atom is 0.306 e. The van der Waals surface area contributed by atoms with Crippen molar-refractivity contribution >= 4 is 17.9 Å². The summed E-state index contributed by atoms with van der Waals surface area (Å²) in [5.74, 6) is -1.75. The van der Waals surface area contributed by atoms with E-state index in [0.29, 0.717) is 12.8 Å². The van der Waals surface area contributed by atoms with Gasteiger partial charge in [0.15, 0.2) is 6.10 Å². The van der Waals surface area contributed by atoms with Gasteiger partial charge in [-0.15, -0.1) is 0 Å². The highest BCUT2D eigenvalue weighted by Crippen LogP contribution is 2.14. The van der Waals surface area contributed by atoms with Gasteiger partial charge in [0.05, 0.1) is 40.3 Å². The highest BCUT2D eigenvalue weighted by molar-refractivity contribution is 5.70. The summed E-state index contributed by atoms with van der Waals surface area (Å²) in [6.07, 6.45) is 45.9. The molecule has 0 fully saturated rings. The summed E-state index contributed by atoms with van der Waals surface area (Å²) in [7, 11) is 5.41. The first-order chi connectivity index (χ1) is 27.6. The Bertz CT molecular complexity index is 1030. The van der Waals surface area contributed by atoms with Gasteiger partial charge in [-0.05, 0) is 64.2 Å². The molecule has 8 nitrogen and oxygen atoms in total. The lowest BCUT2D eigenvalue weighted by atomic mass is 10.1. The molecule has 57 heavy (non-hydrogen) atoms. The van der Waals surface area contributed by atoms with Crippen molar-refractivity contribution < 1.29 is 38.2 Å². The van der Waals surface area contributed by atoms with E-state index in [9.17, 15) is 19.5 Å². The number of ether oxygens (including phenoxy) is 3. The molecule has 0 bridgehead atoms. The highest BCUT2D eigenvalue weighted by Gasteiger charge is 2.25. The van der Waals surface area contributed by atoms with Gasteiger partial charge >= 0.3 is 11.9 Å². The van der Waals surface area contributed by atoms with Crippen molar-refractivity contribution in [1.29, 1.82) is 0 Å². The molecule has 0 saturated carbocycles. The lowest BCUT2D eigenvalue weighted by Gasteiger charge is -2.34. The number of likely N-dealkylation sites (N-methyl/N-ethyl adjacent to an activating group) is 1. The number of allylic oxidation sites excluding steroid dienone is 6. The van der Waals surface area contributed by atoms with Crippen molar-refractivity contribution in [2.24, 2.45) is 0 Å². The third-order valence-corrected chi connectivity index (χ3v) is 10.5. The van der Waals surface area contributed by atoms with Crippen LogP contribution < -0.4 is 5.11 Å². The molecule has 0 saturated heterocycles. The summed E-state index contributed by atoms with van der Waals surface area (Å²) in [6.45, 7) is 4.62. The third kappa shape index (κ3) is 38.8. The molecule has 0 aliphatic rings. The number of hydrogen-bond donors (Lipinski definition) is 0. The first-order valence-electron chi connectivity index (χ1n) is 23.5. The predicted octanol–water partition coefficient (Wildman–Crippen LogP) is 11.7. The zero-order chi connectivity index (χ0) is 42.1. The van der Waals surface area contributed by atoms with Crippen LogP contribution in [0.5, 0.6) is 0 Å². The monoisotopic (exact) mass is 804 g/mol. The van der Waals surface area contributed by atoms with Gasteiger partial charge < -0.3 is 28.6 Å². The van der Waals surface area contributed by atoms with E-state index in [1.807, 2.05) is 0 Å². The minimum Gasteiger partial charge on any atom is -0.544 e. The fourth-order valence-electron chi connectivity index (χ4n) is 6.82. The van der Waals surface area contributed by atoms with Gasteiger partial charge in [-0.2, -0.15) is 0 Å². The van der Waals surface area contributed by atoms with Crippen LogP contribution in [0.4, 0.5) is 0 Å². The van der Waals surface area contributed by atoms with Gasteiger partial charge in [0.2, 0.25) is 0 Å². The van der Waals surface area contributed by atoms with Crippen molar-refractivity contribution in [3.63, 3.8) is 0 Å². The van der Waals surface area contributed by atoms with Crippen molar-refractivity contribution in [1.82, 2.24) is 0 Å². The number of nitrogens with zero attached hydrogens (tertiary/aromatic N) is 1. The molecule has 0 aliphatic carbocycles. The van der Waals surface area contributed by atoms with Crippen molar-refractivity contribution in [2.45, 2.75) is 219 Å². The van der Waals surface area contributed by atoms with E-state index < -0.39 is 18.1 Å². The van der Waals surface area contributed by atoms with Gasteiger partial charge in [-0.3, -0.25) is 9.59 Å². The number of aliphatic carboxylic acids is 1. The van der Waals surface area contributed by atoms with Crippen LogP contribution >= 0.6 is 0 Å². The largest absolute Gasteiger partial charge is 0.544 e. The molecule has 2 unspecified atom stereocenters. The second kappa shape index (κ2) is 40.3. The molecule has 0 aromatic carbocycles. The van der Waals surface area contributed by atoms with E-state index >= 15 is 0 Å². The first-order valence-corrected chi connectivity index (χ1v) is 23.5. The summed E-state index contributed by atoms with van der Waals surface area (Å²) in [5.41, 5.74) is 0. The molecular weight excluding hydrogens is 715 g/mol. The summed E-state index contributed by atoms with van der Waals surface area (Å²) < 4.78 is 17.2. The fraction of sp³-hybridized carbons (Fsp3) is 0.816. The van der Waals surface area contributed by atoms with Crippen LogP contribution in [-0.2, 0) is 28.6 Å². The quantitative estimate of drug-likeness (QED) is 0.0199. The molecule has 0 N–H and O–H groups in total. The number of carboxylic acid groups (broad SMARTS) is 1. The van der Waals surface area contributed by atoms with Crippen molar-refractivity contribution in [2.75, 3.05) is 41.0 Å². The molecular formula is C49H89NO7. The van der Waals surface area contributed by atoms with E-state index in [2.05, 4.69) is 50.3 Å². The molecule has 0 amide bonds. The third-order valence-electron chi connectivity index (χ3n) is 10.5. The lowest BCUT2D eigenvalue weighted by Crippen LogP contribution is -2.55. The number of carboxylic acids is 1.